The molecular formula is C12H17NO5S. The summed E-state index contributed by atoms with van der Waals surface area (Å²) in [5.74, 6) is -0.720. The first-order valence-corrected chi connectivity index (χ1v) is 7.25. The van der Waals surface area contributed by atoms with Crippen LogP contribution < -0.4 is 5.32 Å². The smallest absolute Gasteiger partial charge is 0.320 e. The first-order valence-electron chi connectivity index (χ1n) is 5.81. The van der Waals surface area contributed by atoms with Crippen LogP contribution in [-0.4, -0.2) is 36.6 Å². The molecular weight excluding hydrogens is 270 g/mol. The van der Waals surface area contributed by atoms with Crippen LogP contribution in [0.3, 0.4) is 0 Å². The maximum atomic E-state index is 10.5. The lowest BCUT2D eigenvalue weighted by Crippen LogP contribution is -2.29. The van der Waals surface area contributed by atoms with Crippen LogP contribution >= 0.6 is 0 Å². The van der Waals surface area contributed by atoms with E-state index in [9.17, 15) is 13.2 Å². The molecule has 2 rings (SSSR count). The predicted octanol–water partition coefficient (Wildman–Crippen LogP) is 1.06. The largest absolute Gasteiger partial charge is 0.480 e. The first-order chi connectivity index (χ1) is 8.80. The van der Waals surface area contributed by atoms with Gasteiger partial charge in [-0.15, -0.1) is 0 Å². The molecule has 7 heteroatoms. The van der Waals surface area contributed by atoms with E-state index in [-0.39, 0.29) is 10.9 Å². The molecule has 0 bridgehead atoms. The van der Waals surface area contributed by atoms with Gasteiger partial charge in [-0.05, 0) is 38.4 Å². The third kappa shape index (κ3) is 5.37. The Balaban J connectivity index is 0.000000200. The minimum Gasteiger partial charge on any atom is -0.480 e. The van der Waals surface area contributed by atoms with Gasteiger partial charge in [0.2, 0.25) is 0 Å². The van der Waals surface area contributed by atoms with E-state index < -0.39 is 16.1 Å². The summed E-state index contributed by atoms with van der Waals surface area (Å²) in [5, 5.41) is 11.2. The zero-order valence-electron chi connectivity index (χ0n) is 10.5. The molecule has 0 radical (unpaired) electrons. The lowest BCUT2D eigenvalue weighted by Gasteiger charge is -1.99. The van der Waals surface area contributed by atoms with Crippen molar-refractivity contribution in [2.75, 3.05) is 6.54 Å². The highest BCUT2D eigenvalue weighted by atomic mass is 32.2. The Morgan fingerprint density at radius 2 is 1.89 bits per heavy atom. The molecule has 0 saturated carbocycles. The number of hydrogen-bond acceptors (Lipinski definition) is 4. The molecule has 1 saturated heterocycles. The van der Waals surface area contributed by atoms with Crippen molar-refractivity contribution in [2.45, 2.75) is 30.7 Å². The Kier molecular flexibility index (Phi) is 5.46. The number of aliphatic carboxylic acids is 1. The van der Waals surface area contributed by atoms with Crippen molar-refractivity contribution >= 4 is 16.1 Å². The topological polar surface area (TPSA) is 104 Å². The highest BCUT2D eigenvalue weighted by molar-refractivity contribution is 7.85. The Bertz CT molecular complexity index is 518. The number of benzene rings is 1. The molecule has 0 amide bonds. The minimum absolute atomic E-state index is 0.0666. The molecule has 0 aromatic heterocycles. The maximum Gasteiger partial charge on any atom is 0.320 e. The molecule has 1 fully saturated rings. The third-order valence-corrected chi connectivity index (χ3v) is 3.55. The summed E-state index contributed by atoms with van der Waals surface area (Å²) in [6.45, 7) is 2.70. The molecule has 0 aliphatic carbocycles. The van der Waals surface area contributed by atoms with Gasteiger partial charge in [-0.1, -0.05) is 17.7 Å². The summed E-state index contributed by atoms with van der Waals surface area (Å²) >= 11 is 0. The zero-order chi connectivity index (χ0) is 14.5. The fraction of sp³-hybridized carbons (Fsp3) is 0.417. The van der Waals surface area contributed by atoms with E-state index in [2.05, 4.69) is 5.32 Å². The highest BCUT2D eigenvalue weighted by Crippen LogP contribution is 2.08. The molecule has 0 spiro atoms. The standard InChI is InChI=1S/C7H8O3S.C5H9NO2/c1-6-2-4-7(5-3-6)11(8,9)10;7-5(8)4-2-1-3-6-4/h2-5H,1H3,(H,8,9,10);4,6H,1-3H2,(H,7,8)/t;4-/m.1/s1. The summed E-state index contributed by atoms with van der Waals surface area (Å²) < 4.78 is 29.6. The van der Waals surface area contributed by atoms with E-state index in [4.69, 9.17) is 9.66 Å². The van der Waals surface area contributed by atoms with Crippen LogP contribution in [0.2, 0.25) is 0 Å². The molecule has 1 aromatic rings. The molecule has 1 aliphatic heterocycles. The lowest BCUT2D eigenvalue weighted by molar-refractivity contribution is -0.139. The van der Waals surface area contributed by atoms with Gasteiger partial charge in [-0.2, -0.15) is 8.42 Å². The number of aryl methyl sites for hydroxylation is 1. The summed E-state index contributed by atoms with van der Waals surface area (Å²) in [7, 11) is -4.02. The summed E-state index contributed by atoms with van der Waals surface area (Å²) in [6, 6.07) is 5.72. The van der Waals surface area contributed by atoms with Gasteiger partial charge in [0.15, 0.2) is 0 Å². The van der Waals surface area contributed by atoms with Gasteiger partial charge in [0.1, 0.15) is 6.04 Å². The van der Waals surface area contributed by atoms with Crippen molar-refractivity contribution in [3.05, 3.63) is 29.8 Å². The molecule has 1 atom stereocenters. The van der Waals surface area contributed by atoms with E-state index in [1.165, 1.54) is 12.1 Å². The Morgan fingerprint density at radius 3 is 2.21 bits per heavy atom. The van der Waals surface area contributed by atoms with Crippen LogP contribution in [0.5, 0.6) is 0 Å². The average Bonchev–Trinajstić information content (AvgIpc) is 2.82. The fourth-order valence-electron chi connectivity index (χ4n) is 1.61. The Hall–Kier alpha value is -1.44. The highest BCUT2D eigenvalue weighted by Gasteiger charge is 2.20. The SMILES string of the molecule is Cc1ccc(S(=O)(=O)O)cc1.O=C(O)[C@H]1CCCN1. The molecule has 6 nitrogen and oxygen atoms in total. The summed E-state index contributed by atoms with van der Waals surface area (Å²) in [5.41, 5.74) is 0.956. The monoisotopic (exact) mass is 287 g/mol. The van der Waals surface area contributed by atoms with Gasteiger partial charge in [0.25, 0.3) is 10.1 Å². The van der Waals surface area contributed by atoms with E-state index in [0.29, 0.717) is 0 Å². The minimum atomic E-state index is -4.02. The van der Waals surface area contributed by atoms with Crippen molar-refractivity contribution in [3.8, 4) is 0 Å². The number of nitrogens with one attached hydrogen (secondary N) is 1. The molecule has 1 heterocycles. The molecule has 106 valence electrons. The van der Waals surface area contributed by atoms with Crippen LogP contribution in [-0.2, 0) is 14.9 Å². The van der Waals surface area contributed by atoms with E-state index in [1.807, 2.05) is 6.92 Å². The fourth-order valence-corrected chi connectivity index (χ4v) is 2.09. The van der Waals surface area contributed by atoms with Crippen LogP contribution in [0, 0.1) is 6.92 Å². The zero-order valence-corrected chi connectivity index (χ0v) is 11.4. The molecule has 1 aliphatic rings. The number of carboxylic acid groups (broad SMARTS) is 1. The second-order valence-corrected chi connectivity index (χ2v) is 5.70. The van der Waals surface area contributed by atoms with Crippen molar-refractivity contribution in [3.63, 3.8) is 0 Å². The van der Waals surface area contributed by atoms with Crippen molar-refractivity contribution in [1.29, 1.82) is 0 Å². The van der Waals surface area contributed by atoms with Crippen molar-refractivity contribution < 1.29 is 22.9 Å². The number of hydrogen-bond donors (Lipinski definition) is 3. The number of rotatable bonds is 2. The van der Waals surface area contributed by atoms with Gasteiger partial charge in [0.05, 0.1) is 4.90 Å². The molecule has 0 unspecified atom stereocenters. The van der Waals surface area contributed by atoms with E-state index in [1.54, 1.807) is 12.1 Å². The normalized spacial score (nSPS) is 18.5. The lowest BCUT2D eigenvalue weighted by atomic mass is 10.2. The van der Waals surface area contributed by atoms with E-state index in [0.717, 1.165) is 24.9 Å². The second-order valence-electron chi connectivity index (χ2n) is 4.28. The van der Waals surface area contributed by atoms with Crippen molar-refractivity contribution in [1.82, 2.24) is 5.32 Å². The number of carbonyl (C=O) groups is 1. The summed E-state index contributed by atoms with van der Waals surface area (Å²) in [6.07, 6.45) is 1.78. The Labute approximate surface area is 112 Å². The average molecular weight is 287 g/mol. The second kappa shape index (κ2) is 6.65. The van der Waals surface area contributed by atoms with Crippen LogP contribution in [0.15, 0.2) is 29.2 Å². The molecule has 3 N–H and O–H groups in total. The molecule has 1 aromatic carbocycles. The van der Waals surface area contributed by atoms with Crippen LogP contribution in [0.25, 0.3) is 0 Å². The van der Waals surface area contributed by atoms with Gasteiger partial charge < -0.3 is 10.4 Å². The van der Waals surface area contributed by atoms with Gasteiger partial charge >= 0.3 is 5.97 Å². The summed E-state index contributed by atoms with van der Waals surface area (Å²) in [4.78, 5) is 10.1. The maximum absolute atomic E-state index is 10.5. The van der Waals surface area contributed by atoms with Gasteiger partial charge in [-0.3, -0.25) is 9.35 Å². The van der Waals surface area contributed by atoms with E-state index >= 15 is 0 Å². The van der Waals surface area contributed by atoms with Crippen molar-refractivity contribution in [2.24, 2.45) is 0 Å². The predicted molar refractivity (Wildman–Crippen MR) is 69.7 cm³/mol. The number of carboxylic acids is 1. The first kappa shape index (κ1) is 15.6. The molecule has 19 heavy (non-hydrogen) atoms. The Morgan fingerprint density at radius 1 is 1.32 bits per heavy atom. The third-order valence-electron chi connectivity index (χ3n) is 2.68. The van der Waals surface area contributed by atoms with Gasteiger partial charge in [-0.25, -0.2) is 0 Å². The van der Waals surface area contributed by atoms with Crippen LogP contribution in [0.4, 0.5) is 0 Å². The van der Waals surface area contributed by atoms with Crippen LogP contribution in [0.1, 0.15) is 18.4 Å². The van der Waals surface area contributed by atoms with Gasteiger partial charge in [0, 0.05) is 0 Å². The quantitative estimate of drug-likeness (QED) is 0.703.